The molecule has 3 heterocycles. The Hall–Kier alpha value is -3.32. The van der Waals surface area contributed by atoms with Gasteiger partial charge in [-0.2, -0.15) is 4.98 Å². The number of anilines is 2. The minimum atomic E-state index is -0.372. The molecule has 4 aromatic rings. The normalized spacial score (nSPS) is 15.8. The van der Waals surface area contributed by atoms with E-state index in [2.05, 4.69) is 11.8 Å². The number of imidazole rings is 1. The predicted molar refractivity (Wildman–Crippen MR) is 132 cm³/mol. The van der Waals surface area contributed by atoms with Crippen LogP contribution < -0.4 is 16.1 Å². The van der Waals surface area contributed by atoms with Crippen LogP contribution in [0.2, 0.25) is 5.02 Å². The van der Waals surface area contributed by atoms with Crippen molar-refractivity contribution in [3.63, 3.8) is 0 Å². The van der Waals surface area contributed by atoms with E-state index in [1.165, 1.54) is 9.13 Å². The van der Waals surface area contributed by atoms with Gasteiger partial charge in [0, 0.05) is 30.8 Å². The SMILES string of the molecule is Cc1cccc(Cn2c(=O)c3c(nc4n3CC(C)CN4c3cccc(Cl)c3C)n(C)c2=O)c1. The Morgan fingerprint density at radius 1 is 1.09 bits per heavy atom. The fourth-order valence-corrected chi connectivity index (χ4v) is 4.90. The quantitative estimate of drug-likeness (QED) is 0.460. The third-order valence-electron chi connectivity index (χ3n) is 6.40. The molecule has 0 fully saturated rings. The van der Waals surface area contributed by atoms with Gasteiger partial charge in [-0.3, -0.25) is 13.9 Å². The fraction of sp³-hybridized carbons (Fsp3) is 0.320. The molecule has 33 heavy (non-hydrogen) atoms. The molecule has 5 rings (SSSR count). The van der Waals surface area contributed by atoms with Gasteiger partial charge in [-0.1, -0.05) is 54.4 Å². The van der Waals surface area contributed by atoms with Gasteiger partial charge < -0.3 is 9.47 Å². The molecule has 2 aromatic heterocycles. The summed E-state index contributed by atoms with van der Waals surface area (Å²) in [4.78, 5) is 33.7. The number of benzene rings is 2. The Kier molecular flexibility index (Phi) is 5.16. The minimum absolute atomic E-state index is 0.219. The van der Waals surface area contributed by atoms with Crippen LogP contribution in [0.3, 0.4) is 0 Å². The first kappa shape index (κ1) is 21.5. The summed E-state index contributed by atoms with van der Waals surface area (Å²) in [6.45, 7) is 7.74. The van der Waals surface area contributed by atoms with E-state index >= 15 is 0 Å². The standard InChI is InChI=1S/C25H26ClN5O2/c1-15-7-5-8-18(11-15)14-31-23(32)21-22(28(4)25(31)33)27-24-29(12-16(2)13-30(21)24)20-10-6-9-19(26)17(20)3/h5-11,16H,12-14H2,1-4H3. The molecule has 0 saturated heterocycles. The van der Waals surface area contributed by atoms with Crippen molar-refractivity contribution in [2.24, 2.45) is 13.0 Å². The molecule has 0 N–H and O–H groups in total. The Morgan fingerprint density at radius 3 is 2.61 bits per heavy atom. The van der Waals surface area contributed by atoms with Crippen molar-refractivity contribution in [1.29, 1.82) is 0 Å². The minimum Gasteiger partial charge on any atom is -0.311 e. The molecule has 0 bridgehead atoms. The molecular formula is C25H26ClN5O2. The van der Waals surface area contributed by atoms with Crippen molar-refractivity contribution in [3.05, 3.63) is 85.0 Å². The molecule has 0 amide bonds. The van der Waals surface area contributed by atoms with Gasteiger partial charge in [0.2, 0.25) is 5.95 Å². The van der Waals surface area contributed by atoms with Crippen LogP contribution in [0.5, 0.6) is 0 Å². The van der Waals surface area contributed by atoms with Crippen LogP contribution in [0.25, 0.3) is 11.2 Å². The zero-order valence-electron chi connectivity index (χ0n) is 19.2. The maximum Gasteiger partial charge on any atom is 0.332 e. The van der Waals surface area contributed by atoms with Crippen molar-refractivity contribution < 1.29 is 0 Å². The maximum absolute atomic E-state index is 13.6. The average Bonchev–Trinajstić information content (AvgIpc) is 3.16. The lowest BCUT2D eigenvalue weighted by molar-refractivity contribution is 0.457. The van der Waals surface area contributed by atoms with Gasteiger partial charge in [0.15, 0.2) is 11.2 Å². The average molecular weight is 464 g/mol. The van der Waals surface area contributed by atoms with Crippen LogP contribution in [0.1, 0.15) is 23.6 Å². The van der Waals surface area contributed by atoms with E-state index in [0.29, 0.717) is 28.7 Å². The van der Waals surface area contributed by atoms with E-state index in [1.807, 2.05) is 60.9 Å². The van der Waals surface area contributed by atoms with E-state index in [1.54, 1.807) is 7.05 Å². The van der Waals surface area contributed by atoms with E-state index < -0.39 is 0 Å². The third-order valence-corrected chi connectivity index (χ3v) is 6.80. The molecule has 1 atom stereocenters. The molecule has 7 nitrogen and oxygen atoms in total. The summed E-state index contributed by atoms with van der Waals surface area (Å²) in [6, 6.07) is 13.7. The maximum atomic E-state index is 13.6. The lowest BCUT2D eigenvalue weighted by Crippen LogP contribution is -2.40. The molecule has 0 saturated carbocycles. The molecule has 170 valence electrons. The molecule has 1 unspecified atom stereocenters. The summed E-state index contributed by atoms with van der Waals surface area (Å²) in [5.74, 6) is 0.934. The smallest absolute Gasteiger partial charge is 0.311 e. The van der Waals surface area contributed by atoms with Crippen LogP contribution in [0.4, 0.5) is 11.6 Å². The summed E-state index contributed by atoms with van der Waals surface area (Å²) < 4.78 is 4.74. The highest BCUT2D eigenvalue weighted by atomic mass is 35.5. The van der Waals surface area contributed by atoms with Crippen LogP contribution in [-0.4, -0.2) is 25.2 Å². The zero-order chi connectivity index (χ0) is 23.4. The first-order valence-corrected chi connectivity index (χ1v) is 11.4. The summed E-state index contributed by atoms with van der Waals surface area (Å²) in [7, 11) is 1.67. The molecule has 0 radical (unpaired) electrons. The van der Waals surface area contributed by atoms with E-state index in [0.717, 1.165) is 28.9 Å². The van der Waals surface area contributed by atoms with Crippen molar-refractivity contribution in [2.75, 3.05) is 11.4 Å². The Bertz CT molecular complexity index is 1510. The van der Waals surface area contributed by atoms with Crippen LogP contribution in [0, 0.1) is 19.8 Å². The number of halogens is 1. The van der Waals surface area contributed by atoms with Gasteiger partial charge in [0.1, 0.15) is 0 Å². The lowest BCUT2D eigenvalue weighted by Gasteiger charge is -2.34. The second-order valence-electron chi connectivity index (χ2n) is 9.02. The van der Waals surface area contributed by atoms with Gasteiger partial charge >= 0.3 is 5.69 Å². The molecule has 8 heteroatoms. The van der Waals surface area contributed by atoms with Gasteiger partial charge in [-0.25, -0.2) is 4.79 Å². The number of aromatic nitrogens is 4. The van der Waals surface area contributed by atoms with E-state index in [9.17, 15) is 9.59 Å². The van der Waals surface area contributed by atoms with Crippen LogP contribution in [-0.2, 0) is 20.1 Å². The van der Waals surface area contributed by atoms with Gasteiger partial charge in [0.25, 0.3) is 5.56 Å². The Balaban J connectivity index is 1.74. The third kappa shape index (κ3) is 3.47. The summed E-state index contributed by atoms with van der Waals surface area (Å²) in [5, 5.41) is 0.682. The highest BCUT2D eigenvalue weighted by molar-refractivity contribution is 6.31. The highest BCUT2D eigenvalue weighted by Gasteiger charge is 2.30. The summed E-state index contributed by atoms with van der Waals surface area (Å²) >= 11 is 6.40. The number of hydrogen-bond donors (Lipinski definition) is 0. The van der Waals surface area contributed by atoms with Gasteiger partial charge in [-0.05, 0) is 43.0 Å². The van der Waals surface area contributed by atoms with Crippen molar-refractivity contribution in [1.82, 2.24) is 18.7 Å². The number of hydrogen-bond acceptors (Lipinski definition) is 4. The van der Waals surface area contributed by atoms with Crippen LogP contribution in [0.15, 0.2) is 52.1 Å². The molecule has 2 aromatic carbocycles. The summed E-state index contributed by atoms with van der Waals surface area (Å²) in [6.07, 6.45) is 0. The van der Waals surface area contributed by atoms with Gasteiger partial charge in [0.05, 0.1) is 6.54 Å². The Morgan fingerprint density at radius 2 is 1.85 bits per heavy atom. The fourth-order valence-electron chi connectivity index (χ4n) is 4.73. The highest BCUT2D eigenvalue weighted by Crippen LogP contribution is 2.36. The monoisotopic (exact) mass is 463 g/mol. The zero-order valence-corrected chi connectivity index (χ0v) is 19.9. The van der Waals surface area contributed by atoms with Crippen molar-refractivity contribution in [2.45, 2.75) is 33.9 Å². The molecule has 1 aliphatic rings. The number of rotatable bonds is 3. The van der Waals surface area contributed by atoms with E-state index in [4.69, 9.17) is 16.6 Å². The lowest BCUT2D eigenvalue weighted by atomic mass is 10.1. The van der Waals surface area contributed by atoms with Crippen molar-refractivity contribution in [3.8, 4) is 0 Å². The molecule has 0 aliphatic carbocycles. The summed E-state index contributed by atoms with van der Waals surface area (Å²) in [5.41, 5.74) is 4.08. The number of aryl methyl sites for hydroxylation is 2. The predicted octanol–water partition coefficient (Wildman–Crippen LogP) is 4.00. The van der Waals surface area contributed by atoms with E-state index in [-0.39, 0.29) is 23.7 Å². The van der Waals surface area contributed by atoms with Crippen molar-refractivity contribution >= 4 is 34.4 Å². The second-order valence-corrected chi connectivity index (χ2v) is 9.42. The molecule has 0 spiro atoms. The van der Waals surface area contributed by atoms with Gasteiger partial charge in [-0.15, -0.1) is 0 Å². The first-order valence-electron chi connectivity index (χ1n) is 11.0. The second kappa shape index (κ2) is 7.92. The topological polar surface area (TPSA) is 65.1 Å². The largest absolute Gasteiger partial charge is 0.332 e. The van der Waals surface area contributed by atoms with Crippen LogP contribution >= 0.6 is 11.6 Å². The number of nitrogens with zero attached hydrogens (tertiary/aromatic N) is 5. The first-order chi connectivity index (χ1) is 15.8. The Labute approximate surface area is 196 Å². The molecule has 1 aliphatic heterocycles. The molecular weight excluding hydrogens is 438 g/mol. The number of fused-ring (bicyclic) bond motifs is 3.